The molecule has 0 spiro atoms. The van der Waals surface area contributed by atoms with E-state index in [1.807, 2.05) is 18.2 Å². The first-order valence-corrected chi connectivity index (χ1v) is 6.88. The van der Waals surface area contributed by atoms with Crippen molar-refractivity contribution in [2.24, 2.45) is 0 Å². The number of fused-ring (bicyclic) bond motifs is 1. The number of hydrogen-bond acceptors (Lipinski definition) is 4. The molecule has 0 fully saturated rings. The zero-order chi connectivity index (χ0) is 15.9. The third kappa shape index (κ3) is 4.12. The molecule has 1 heterocycles. The third-order valence-corrected chi connectivity index (χ3v) is 3.07. The summed E-state index contributed by atoms with van der Waals surface area (Å²) in [4.78, 5) is 22.3. The Balaban J connectivity index is 1.89. The summed E-state index contributed by atoms with van der Waals surface area (Å²) in [5.41, 5.74) is 0.909. The molecule has 6 nitrogen and oxygen atoms in total. The Morgan fingerprint density at radius 1 is 1.32 bits per heavy atom. The lowest BCUT2D eigenvalue weighted by Gasteiger charge is -2.09. The number of carbonyl (C=O) groups is 2. The van der Waals surface area contributed by atoms with Crippen LogP contribution in [0, 0.1) is 0 Å². The average Bonchev–Trinajstić information content (AvgIpc) is 2.96. The molecule has 116 valence electrons. The highest BCUT2D eigenvalue weighted by molar-refractivity contribution is 5.91. The molecule has 0 bridgehead atoms. The SMILES string of the molecule is CCC(NC(=O)/C=C/C=C/c1ccc2c(c1)OCO2)C(=O)O. The van der Waals surface area contributed by atoms with Crippen LogP contribution in [0.2, 0.25) is 0 Å². The molecule has 0 aromatic heterocycles. The molecule has 1 aliphatic heterocycles. The zero-order valence-electron chi connectivity index (χ0n) is 12.1. The van der Waals surface area contributed by atoms with Gasteiger partial charge in [-0.05, 0) is 24.1 Å². The molecular weight excluding hydrogens is 286 g/mol. The van der Waals surface area contributed by atoms with Gasteiger partial charge in [-0.25, -0.2) is 4.79 Å². The normalized spacial score (nSPS) is 14.4. The fourth-order valence-electron chi connectivity index (χ4n) is 1.88. The van der Waals surface area contributed by atoms with Gasteiger partial charge in [0.2, 0.25) is 12.7 Å². The van der Waals surface area contributed by atoms with Crippen LogP contribution < -0.4 is 14.8 Å². The third-order valence-electron chi connectivity index (χ3n) is 3.07. The number of amides is 1. The first kappa shape index (κ1) is 15.6. The molecule has 0 aliphatic carbocycles. The van der Waals surface area contributed by atoms with E-state index in [1.54, 1.807) is 25.2 Å². The maximum atomic E-state index is 11.5. The van der Waals surface area contributed by atoms with Gasteiger partial charge >= 0.3 is 5.97 Å². The minimum absolute atomic E-state index is 0.227. The molecule has 2 N–H and O–H groups in total. The number of benzene rings is 1. The lowest BCUT2D eigenvalue weighted by Crippen LogP contribution is -2.39. The van der Waals surface area contributed by atoms with E-state index in [2.05, 4.69) is 5.32 Å². The molecule has 6 heteroatoms. The summed E-state index contributed by atoms with van der Waals surface area (Å²) < 4.78 is 10.5. The van der Waals surface area contributed by atoms with E-state index in [-0.39, 0.29) is 6.79 Å². The number of rotatable bonds is 6. The largest absolute Gasteiger partial charge is 0.480 e. The summed E-state index contributed by atoms with van der Waals surface area (Å²) in [6.07, 6.45) is 6.67. The minimum atomic E-state index is -1.04. The number of carboxylic acid groups (broad SMARTS) is 1. The summed E-state index contributed by atoms with van der Waals surface area (Å²) in [5, 5.41) is 11.2. The van der Waals surface area contributed by atoms with Crippen LogP contribution in [0.25, 0.3) is 6.08 Å². The monoisotopic (exact) mass is 303 g/mol. The fourth-order valence-corrected chi connectivity index (χ4v) is 1.88. The lowest BCUT2D eigenvalue weighted by molar-refractivity contribution is -0.141. The number of allylic oxidation sites excluding steroid dienone is 2. The van der Waals surface area contributed by atoms with Gasteiger partial charge in [0.25, 0.3) is 0 Å². The van der Waals surface area contributed by atoms with Crippen molar-refractivity contribution >= 4 is 18.0 Å². The summed E-state index contributed by atoms with van der Waals surface area (Å²) >= 11 is 0. The molecule has 2 rings (SSSR count). The van der Waals surface area contributed by atoms with Crippen molar-refractivity contribution in [2.45, 2.75) is 19.4 Å². The first-order chi connectivity index (χ1) is 10.6. The van der Waals surface area contributed by atoms with Crippen LogP contribution >= 0.6 is 0 Å². The Hall–Kier alpha value is -2.76. The topological polar surface area (TPSA) is 84.9 Å². The van der Waals surface area contributed by atoms with Crippen LogP contribution in [-0.2, 0) is 9.59 Å². The Labute approximate surface area is 128 Å². The second kappa shape index (κ2) is 7.31. The average molecular weight is 303 g/mol. The van der Waals surface area contributed by atoms with Crippen LogP contribution in [0.15, 0.2) is 36.4 Å². The van der Waals surface area contributed by atoms with Crippen molar-refractivity contribution in [2.75, 3.05) is 6.79 Å². The molecule has 1 aromatic rings. The first-order valence-electron chi connectivity index (χ1n) is 6.88. The van der Waals surface area contributed by atoms with Gasteiger partial charge < -0.3 is 19.9 Å². The highest BCUT2D eigenvalue weighted by Crippen LogP contribution is 2.32. The van der Waals surface area contributed by atoms with Crippen molar-refractivity contribution in [3.63, 3.8) is 0 Å². The van der Waals surface area contributed by atoms with E-state index < -0.39 is 17.9 Å². The number of nitrogens with one attached hydrogen (secondary N) is 1. The van der Waals surface area contributed by atoms with Crippen LogP contribution in [-0.4, -0.2) is 29.8 Å². The number of ether oxygens (including phenoxy) is 2. The quantitative estimate of drug-likeness (QED) is 0.620. The Kier molecular flexibility index (Phi) is 5.19. The zero-order valence-corrected chi connectivity index (χ0v) is 12.1. The van der Waals surface area contributed by atoms with Crippen molar-refractivity contribution in [1.29, 1.82) is 0 Å². The van der Waals surface area contributed by atoms with E-state index in [9.17, 15) is 9.59 Å². The molecule has 1 atom stereocenters. The predicted molar refractivity (Wildman–Crippen MR) is 80.6 cm³/mol. The molecule has 1 aliphatic rings. The van der Waals surface area contributed by atoms with E-state index in [0.717, 1.165) is 5.56 Å². The van der Waals surface area contributed by atoms with Gasteiger partial charge in [0.1, 0.15) is 6.04 Å². The van der Waals surface area contributed by atoms with E-state index in [1.165, 1.54) is 6.08 Å². The second-order valence-electron chi connectivity index (χ2n) is 4.64. The second-order valence-corrected chi connectivity index (χ2v) is 4.64. The standard InChI is InChI=1S/C16H17NO5/c1-2-12(16(19)20)17-15(18)6-4-3-5-11-7-8-13-14(9-11)22-10-21-13/h3-9,12H,2,10H2,1H3,(H,17,18)(H,19,20)/b5-3+,6-4+. The fraction of sp³-hybridized carbons (Fsp3) is 0.250. The number of hydrogen-bond donors (Lipinski definition) is 2. The molecule has 22 heavy (non-hydrogen) atoms. The molecule has 1 amide bonds. The predicted octanol–water partition coefficient (Wildman–Crippen LogP) is 1.96. The Bertz CT molecular complexity index is 621. The highest BCUT2D eigenvalue weighted by atomic mass is 16.7. The summed E-state index contributed by atoms with van der Waals surface area (Å²) in [6, 6.07) is 4.66. The summed E-state index contributed by atoms with van der Waals surface area (Å²) in [6.45, 7) is 1.92. The molecule has 0 saturated carbocycles. The van der Waals surface area contributed by atoms with Crippen molar-refractivity contribution < 1.29 is 24.2 Å². The smallest absolute Gasteiger partial charge is 0.326 e. The van der Waals surface area contributed by atoms with Crippen LogP contribution in [0.5, 0.6) is 11.5 Å². The van der Waals surface area contributed by atoms with Crippen molar-refractivity contribution in [3.05, 3.63) is 42.0 Å². The summed E-state index contributed by atoms with van der Waals surface area (Å²) in [5.74, 6) is -0.0767. The van der Waals surface area contributed by atoms with Gasteiger partial charge in [-0.15, -0.1) is 0 Å². The van der Waals surface area contributed by atoms with Gasteiger partial charge in [-0.1, -0.05) is 31.2 Å². The number of carboxylic acids is 1. The number of carbonyl (C=O) groups excluding carboxylic acids is 1. The minimum Gasteiger partial charge on any atom is -0.480 e. The van der Waals surface area contributed by atoms with Crippen molar-refractivity contribution in [3.8, 4) is 11.5 Å². The molecule has 1 aromatic carbocycles. The van der Waals surface area contributed by atoms with Crippen LogP contribution in [0.4, 0.5) is 0 Å². The maximum absolute atomic E-state index is 11.5. The van der Waals surface area contributed by atoms with Gasteiger partial charge in [-0.3, -0.25) is 4.79 Å². The van der Waals surface area contributed by atoms with Gasteiger partial charge in [-0.2, -0.15) is 0 Å². The van der Waals surface area contributed by atoms with Gasteiger partial charge in [0, 0.05) is 6.08 Å². The van der Waals surface area contributed by atoms with Gasteiger partial charge in [0.15, 0.2) is 11.5 Å². The Morgan fingerprint density at radius 2 is 2.09 bits per heavy atom. The molecule has 0 saturated heterocycles. The summed E-state index contributed by atoms with van der Waals surface area (Å²) in [7, 11) is 0. The highest BCUT2D eigenvalue weighted by Gasteiger charge is 2.15. The van der Waals surface area contributed by atoms with E-state index >= 15 is 0 Å². The maximum Gasteiger partial charge on any atom is 0.326 e. The van der Waals surface area contributed by atoms with Crippen LogP contribution in [0.3, 0.4) is 0 Å². The van der Waals surface area contributed by atoms with Crippen molar-refractivity contribution in [1.82, 2.24) is 5.32 Å². The molecular formula is C16H17NO5. The van der Waals surface area contributed by atoms with Gasteiger partial charge in [0.05, 0.1) is 0 Å². The Morgan fingerprint density at radius 3 is 2.82 bits per heavy atom. The lowest BCUT2D eigenvalue weighted by atomic mass is 10.2. The van der Waals surface area contributed by atoms with E-state index in [0.29, 0.717) is 17.9 Å². The van der Waals surface area contributed by atoms with E-state index in [4.69, 9.17) is 14.6 Å². The molecule has 0 radical (unpaired) electrons. The number of aliphatic carboxylic acids is 1. The molecule has 1 unspecified atom stereocenters. The van der Waals surface area contributed by atoms with Crippen LogP contribution in [0.1, 0.15) is 18.9 Å².